The monoisotopic (exact) mass is 382 g/mol. The van der Waals surface area contributed by atoms with Gasteiger partial charge in [0.2, 0.25) is 0 Å². The first-order valence-electron chi connectivity index (χ1n) is 11.1. The van der Waals surface area contributed by atoms with E-state index in [1.165, 1.54) is 44.9 Å². The quantitative estimate of drug-likeness (QED) is 0.154. The van der Waals surface area contributed by atoms with Crippen LogP contribution in [-0.4, -0.2) is 24.6 Å². The molecule has 4 nitrogen and oxygen atoms in total. The number of allylic oxidation sites excluding steroid dienone is 1. The van der Waals surface area contributed by atoms with E-state index in [4.69, 9.17) is 9.47 Å². The van der Waals surface area contributed by atoms with E-state index < -0.39 is 0 Å². The molecule has 158 valence electrons. The number of hydrogen-bond acceptors (Lipinski definition) is 4. The summed E-state index contributed by atoms with van der Waals surface area (Å²) >= 11 is 0. The highest BCUT2D eigenvalue weighted by Crippen LogP contribution is 2.09. The summed E-state index contributed by atoms with van der Waals surface area (Å²) in [5.74, 6) is -0.469. The predicted octanol–water partition coefficient (Wildman–Crippen LogP) is 6.52. The molecular formula is C23H42O4. The Kier molecular flexibility index (Phi) is 18.5. The van der Waals surface area contributed by atoms with Crippen molar-refractivity contribution < 1.29 is 19.1 Å². The molecule has 0 amide bonds. The first kappa shape index (κ1) is 25.7. The topological polar surface area (TPSA) is 52.6 Å². The maximum Gasteiger partial charge on any atom is 0.306 e. The van der Waals surface area contributed by atoms with Crippen molar-refractivity contribution in [2.45, 2.75) is 117 Å². The van der Waals surface area contributed by atoms with Crippen LogP contribution in [0.1, 0.15) is 111 Å². The van der Waals surface area contributed by atoms with Gasteiger partial charge in [-0.05, 0) is 32.6 Å². The average Bonchev–Trinajstić information content (AvgIpc) is 2.64. The van der Waals surface area contributed by atoms with Crippen LogP contribution >= 0.6 is 0 Å². The largest absolute Gasteiger partial charge is 0.463 e. The molecule has 0 spiro atoms. The van der Waals surface area contributed by atoms with Crippen LogP contribution in [0.25, 0.3) is 0 Å². The summed E-state index contributed by atoms with van der Waals surface area (Å²) in [4.78, 5) is 23.3. The molecule has 0 aromatic heterocycles. The molecule has 0 aromatic carbocycles. The van der Waals surface area contributed by atoms with Gasteiger partial charge in [0.05, 0.1) is 6.10 Å². The summed E-state index contributed by atoms with van der Waals surface area (Å²) in [5, 5.41) is 0. The third-order valence-electron chi connectivity index (χ3n) is 4.54. The van der Waals surface area contributed by atoms with Crippen molar-refractivity contribution in [1.29, 1.82) is 0 Å². The van der Waals surface area contributed by atoms with E-state index in [0.29, 0.717) is 13.0 Å². The van der Waals surface area contributed by atoms with Crippen molar-refractivity contribution in [3.8, 4) is 0 Å². The molecular weight excluding hydrogens is 340 g/mol. The molecule has 0 saturated carbocycles. The molecule has 0 heterocycles. The second-order valence-electron chi connectivity index (χ2n) is 7.36. The molecule has 0 aliphatic rings. The van der Waals surface area contributed by atoms with Crippen LogP contribution in [0.4, 0.5) is 0 Å². The molecule has 0 aliphatic heterocycles. The summed E-state index contributed by atoms with van der Waals surface area (Å²) in [6.45, 7) is 6.60. The molecule has 0 radical (unpaired) electrons. The SMILES string of the molecule is CCCCCCCCC/C=C/COC(=O)CCCC(=O)OC(C)CCCC. The molecule has 0 aromatic rings. The second-order valence-corrected chi connectivity index (χ2v) is 7.36. The zero-order chi connectivity index (χ0) is 20.2. The Hall–Kier alpha value is -1.32. The van der Waals surface area contributed by atoms with Crippen molar-refractivity contribution in [2.75, 3.05) is 6.61 Å². The van der Waals surface area contributed by atoms with E-state index in [0.717, 1.165) is 25.7 Å². The molecule has 1 atom stereocenters. The van der Waals surface area contributed by atoms with Gasteiger partial charge < -0.3 is 9.47 Å². The summed E-state index contributed by atoms with van der Waals surface area (Å²) < 4.78 is 10.5. The number of hydrogen-bond donors (Lipinski definition) is 0. The number of ether oxygens (including phenoxy) is 2. The van der Waals surface area contributed by atoms with Crippen molar-refractivity contribution in [1.82, 2.24) is 0 Å². The van der Waals surface area contributed by atoms with Crippen LogP contribution in [0, 0.1) is 0 Å². The number of esters is 2. The van der Waals surface area contributed by atoms with Gasteiger partial charge in [0.15, 0.2) is 0 Å². The fourth-order valence-corrected chi connectivity index (χ4v) is 2.83. The zero-order valence-electron chi connectivity index (χ0n) is 18.0. The lowest BCUT2D eigenvalue weighted by Gasteiger charge is -2.12. The van der Waals surface area contributed by atoms with Crippen molar-refractivity contribution >= 4 is 11.9 Å². The predicted molar refractivity (Wildman–Crippen MR) is 112 cm³/mol. The third kappa shape index (κ3) is 19.3. The van der Waals surface area contributed by atoms with Crippen molar-refractivity contribution in [3.05, 3.63) is 12.2 Å². The molecule has 0 bridgehead atoms. The highest BCUT2D eigenvalue weighted by atomic mass is 16.5. The first-order valence-corrected chi connectivity index (χ1v) is 11.1. The average molecular weight is 383 g/mol. The highest BCUT2D eigenvalue weighted by Gasteiger charge is 2.10. The smallest absolute Gasteiger partial charge is 0.306 e. The lowest BCUT2D eigenvalue weighted by atomic mass is 10.1. The molecule has 0 saturated heterocycles. The molecule has 4 heteroatoms. The molecule has 0 aliphatic carbocycles. The van der Waals surface area contributed by atoms with Gasteiger partial charge in [0.1, 0.15) is 6.61 Å². The molecule has 27 heavy (non-hydrogen) atoms. The first-order chi connectivity index (χ1) is 13.1. The molecule has 0 N–H and O–H groups in total. The van der Waals surface area contributed by atoms with E-state index in [1.807, 2.05) is 13.0 Å². The maximum atomic E-state index is 11.7. The normalized spacial score (nSPS) is 12.3. The van der Waals surface area contributed by atoms with Gasteiger partial charge in [-0.1, -0.05) is 77.4 Å². The van der Waals surface area contributed by atoms with Crippen LogP contribution in [0.2, 0.25) is 0 Å². The van der Waals surface area contributed by atoms with E-state index >= 15 is 0 Å². The molecule has 1 unspecified atom stereocenters. The summed E-state index contributed by atoms with van der Waals surface area (Å²) in [7, 11) is 0. The number of carbonyl (C=O) groups excluding carboxylic acids is 2. The molecule has 0 rings (SSSR count). The number of carbonyl (C=O) groups is 2. The zero-order valence-corrected chi connectivity index (χ0v) is 18.0. The minimum Gasteiger partial charge on any atom is -0.463 e. The lowest BCUT2D eigenvalue weighted by molar-refractivity contribution is -0.149. The van der Waals surface area contributed by atoms with E-state index in [9.17, 15) is 9.59 Å². The van der Waals surface area contributed by atoms with E-state index in [2.05, 4.69) is 19.9 Å². The Labute approximate surface area is 167 Å². The Balaban J connectivity index is 3.49. The minimum absolute atomic E-state index is 0.0362. The van der Waals surface area contributed by atoms with Crippen molar-refractivity contribution in [3.63, 3.8) is 0 Å². The Morgan fingerprint density at radius 2 is 1.41 bits per heavy atom. The van der Waals surface area contributed by atoms with Crippen LogP contribution in [0.15, 0.2) is 12.2 Å². The van der Waals surface area contributed by atoms with Gasteiger partial charge in [-0.15, -0.1) is 0 Å². The standard InChI is InChI=1S/C23H42O4/c1-4-6-8-9-10-11-12-13-14-15-20-26-22(24)18-16-19-23(25)27-21(3)17-7-5-2/h14-15,21H,4-13,16-20H2,1-3H3/b15-14+. The van der Waals surface area contributed by atoms with Gasteiger partial charge in [0, 0.05) is 12.8 Å². The summed E-state index contributed by atoms with van der Waals surface area (Å²) in [5.41, 5.74) is 0. The van der Waals surface area contributed by atoms with Gasteiger partial charge in [-0.2, -0.15) is 0 Å². The van der Waals surface area contributed by atoms with Gasteiger partial charge in [-0.3, -0.25) is 9.59 Å². The van der Waals surface area contributed by atoms with Crippen LogP contribution in [0.3, 0.4) is 0 Å². The summed E-state index contributed by atoms with van der Waals surface area (Å²) in [6.07, 6.45) is 18.3. The van der Waals surface area contributed by atoms with E-state index in [1.54, 1.807) is 0 Å². The second kappa shape index (κ2) is 19.4. The Bertz CT molecular complexity index is 390. The van der Waals surface area contributed by atoms with Gasteiger partial charge >= 0.3 is 11.9 Å². The Morgan fingerprint density at radius 3 is 2.11 bits per heavy atom. The highest BCUT2D eigenvalue weighted by molar-refractivity contribution is 5.72. The van der Waals surface area contributed by atoms with Crippen LogP contribution < -0.4 is 0 Å². The number of unbranched alkanes of at least 4 members (excludes halogenated alkanes) is 8. The molecule has 0 fully saturated rings. The fourth-order valence-electron chi connectivity index (χ4n) is 2.83. The summed E-state index contributed by atoms with van der Waals surface area (Å²) in [6, 6.07) is 0. The van der Waals surface area contributed by atoms with Crippen molar-refractivity contribution in [2.24, 2.45) is 0 Å². The Morgan fingerprint density at radius 1 is 0.778 bits per heavy atom. The van der Waals surface area contributed by atoms with Gasteiger partial charge in [-0.25, -0.2) is 0 Å². The minimum atomic E-state index is -0.248. The van der Waals surface area contributed by atoms with Crippen LogP contribution in [0.5, 0.6) is 0 Å². The fraction of sp³-hybridized carbons (Fsp3) is 0.826. The van der Waals surface area contributed by atoms with E-state index in [-0.39, 0.29) is 30.9 Å². The third-order valence-corrected chi connectivity index (χ3v) is 4.54. The van der Waals surface area contributed by atoms with Crippen LogP contribution in [-0.2, 0) is 19.1 Å². The lowest BCUT2D eigenvalue weighted by Crippen LogP contribution is -2.15. The van der Waals surface area contributed by atoms with Gasteiger partial charge in [0.25, 0.3) is 0 Å². The maximum absolute atomic E-state index is 11.7. The number of rotatable bonds is 18.